The quantitative estimate of drug-likeness (QED) is 0.711. The van der Waals surface area contributed by atoms with E-state index in [1.54, 1.807) is 0 Å². The van der Waals surface area contributed by atoms with E-state index in [0.29, 0.717) is 0 Å². The van der Waals surface area contributed by atoms with E-state index >= 15 is 0 Å². The Balaban J connectivity index is 0.000000211. The normalized spacial score (nSPS) is 9.81. The molecule has 0 fully saturated rings. The topological polar surface area (TPSA) is 26.0 Å². The van der Waals surface area contributed by atoms with Crippen molar-refractivity contribution in [2.24, 2.45) is 5.73 Å². The standard InChI is InChI=1S/C11H16.C9H13N/c1-2-3-5-8-11-9-6-4-7-10-11;10-8-4-7-9-5-2-1-3-6-9/h4,6-7,9-10H,2-3,5,8H2,1H3;1-3,5-6H,4,7-8,10H2. The smallest absolute Gasteiger partial charge is 0.00741 e. The zero-order valence-corrected chi connectivity index (χ0v) is 13.3. The van der Waals surface area contributed by atoms with E-state index < -0.39 is 0 Å². The summed E-state index contributed by atoms with van der Waals surface area (Å²) in [6.07, 6.45) is 7.44. The van der Waals surface area contributed by atoms with Crippen molar-refractivity contribution in [3.63, 3.8) is 0 Å². The van der Waals surface area contributed by atoms with Gasteiger partial charge in [-0.2, -0.15) is 0 Å². The van der Waals surface area contributed by atoms with Gasteiger partial charge in [-0.15, -0.1) is 0 Å². The third-order valence-corrected chi connectivity index (χ3v) is 3.42. The minimum Gasteiger partial charge on any atom is -0.330 e. The van der Waals surface area contributed by atoms with Gasteiger partial charge in [0, 0.05) is 0 Å². The van der Waals surface area contributed by atoms with E-state index in [1.807, 2.05) is 6.07 Å². The molecule has 2 aromatic carbocycles. The summed E-state index contributed by atoms with van der Waals surface area (Å²) in [5, 5.41) is 0. The lowest BCUT2D eigenvalue weighted by Gasteiger charge is -1.98. The molecule has 0 aliphatic carbocycles. The first-order valence-corrected chi connectivity index (χ1v) is 8.14. The fourth-order valence-corrected chi connectivity index (χ4v) is 2.17. The molecule has 0 unspecified atom stereocenters. The molecule has 0 radical (unpaired) electrons. The van der Waals surface area contributed by atoms with Crippen LogP contribution in [0.4, 0.5) is 0 Å². The van der Waals surface area contributed by atoms with Crippen LogP contribution in [0.5, 0.6) is 0 Å². The lowest BCUT2D eigenvalue weighted by Crippen LogP contribution is -1.99. The van der Waals surface area contributed by atoms with Gasteiger partial charge in [-0.25, -0.2) is 0 Å². The van der Waals surface area contributed by atoms with Crippen LogP contribution < -0.4 is 5.73 Å². The van der Waals surface area contributed by atoms with Gasteiger partial charge < -0.3 is 5.73 Å². The molecule has 1 nitrogen and oxygen atoms in total. The molecule has 0 spiro atoms. The van der Waals surface area contributed by atoms with Crippen molar-refractivity contribution in [3.05, 3.63) is 71.8 Å². The molecule has 0 aromatic heterocycles. The second-order valence-corrected chi connectivity index (χ2v) is 5.32. The molecule has 114 valence electrons. The second kappa shape index (κ2) is 12.2. The lowest BCUT2D eigenvalue weighted by atomic mass is 10.1. The summed E-state index contributed by atoms with van der Waals surface area (Å²) in [5.41, 5.74) is 8.23. The Labute approximate surface area is 130 Å². The van der Waals surface area contributed by atoms with E-state index in [2.05, 4.69) is 61.5 Å². The van der Waals surface area contributed by atoms with Gasteiger partial charge in [-0.05, 0) is 43.4 Å². The molecule has 1 heteroatoms. The highest BCUT2D eigenvalue weighted by atomic mass is 14.5. The number of aryl methyl sites for hydroxylation is 2. The molecule has 0 aliphatic heterocycles. The average Bonchev–Trinajstić information content (AvgIpc) is 2.56. The van der Waals surface area contributed by atoms with Crippen molar-refractivity contribution in [2.75, 3.05) is 6.54 Å². The molecule has 21 heavy (non-hydrogen) atoms. The number of hydrogen-bond acceptors (Lipinski definition) is 1. The average molecular weight is 283 g/mol. The largest absolute Gasteiger partial charge is 0.330 e. The Kier molecular flexibility index (Phi) is 10.1. The third kappa shape index (κ3) is 9.04. The van der Waals surface area contributed by atoms with Crippen LogP contribution in [0.2, 0.25) is 0 Å². The van der Waals surface area contributed by atoms with Crippen LogP contribution in [0.25, 0.3) is 0 Å². The van der Waals surface area contributed by atoms with Gasteiger partial charge >= 0.3 is 0 Å². The Morgan fingerprint density at radius 1 is 0.667 bits per heavy atom. The number of benzene rings is 2. The van der Waals surface area contributed by atoms with Gasteiger partial charge in [-0.3, -0.25) is 0 Å². The summed E-state index contributed by atoms with van der Waals surface area (Å²) >= 11 is 0. The van der Waals surface area contributed by atoms with Crippen LogP contribution >= 0.6 is 0 Å². The highest BCUT2D eigenvalue weighted by molar-refractivity contribution is 5.15. The van der Waals surface area contributed by atoms with Crippen molar-refractivity contribution < 1.29 is 0 Å². The van der Waals surface area contributed by atoms with Crippen molar-refractivity contribution in [1.29, 1.82) is 0 Å². The summed E-state index contributed by atoms with van der Waals surface area (Å²) in [6.45, 7) is 3.03. The molecular formula is C20H29N. The highest BCUT2D eigenvalue weighted by Crippen LogP contribution is 2.05. The van der Waals surface area contributed by atoms with Crippen LogP contribution in [0, 0.1) is 0 Å². The monoisotopic (exact) mass is 283 g/mol. The Bertz CT molecular complexity index is 436. The molecule has 0 saturated carbocycles. The maximum atomic E-state index is 5.38. The first kappa shape index (κ1) is 17.5. The van der Waals surface area contributed by atoms with Gasteiger partial charge in [0.1, 0.15) is 0 Å². The Hall–Kier alpha value is -1.60. The van der Waals surface area contributed by atoms with E-state index in [9.17, 15) is 0 Å². The first-order chi connectivity index (χ1) is 10.4. The molecular weight excluding hydrogens is 254 g/mol. The summed E-state index contributed by atoms with van der Waals surface area (Å²) in [5.74, 6) is 0. The van der Waals surface area contributed by atoms with E-state index in [1.165, 1.54) is 36.8 Å². The van der Waals surface area contributed by atoms with Gasteiger partial charge in [0.05, 0.1) is 0 Å². The lowest BCUT2D eigenvalue weighted by molar-refractivity contribution is 0.717. The summed E-state index contributed by atoms with van der Waals surface area (Å²) < 4.78 is 0. The highest BCUT2D eigenvalue weighted by Gasteiger charge is 1.89. The summed E-state index contributed by atoms with van der Waals surface area (Å²) in [6, 6.07) is 21.1. The van der Waals surface area contributed by atoms with Gasteiger partial charge in [0.2, 0.25) is 0 Å². The predicted octanol–water partition coefficient (Wildman–Crippen LogP) is 5.00. The van der Waals surface area contributed by atoms with E-state index in [4.69, 9.17) is 5.73 Å². The van der Waals surface area contributed by atoms with Gasteiger partial charge in [0.25, 0.3) is 0 Å². The number of nitrogens with two attached hydrogens (primary N) is 1. The van der Waals surface area contributed by atoms with Crippen molar-refractivity contribution in [3.8, 4) is 0 Å². The zero-order chi connectivity index (χ0) is 15.2. The maximum Gasteiger partial charge on any atom is -0.00741 e. The van der Waals surface area contributed by atoms with Crippen molar-refractivity contribution in [1.82, 2.24) is 0 Å². The van der Waals surface area contributed by atoms with Crippen LogP contribution in [-0.4, -0.2) is 6.54 Å². The van der Waals surface area contributed by atoms with Crippen LogP contribution in [0.1, 0.15) is 43.7 Å². The Morgan fingerprint density at radius 2 is 1.14 bits per heavy atom. The molecule has 0 aliphatic rings. The molecule has 0 saturated heterocycles. The summed E-state index contributed by atoms with van der Waals surface area (Å²) in [4.78, 5) is 0. The summed E-state index contributed by atoms with van der Waals surface area (Å²) in [7, 11) is 0. The molecule has 0 bridgehead atoms. The van der Waals surface area contributed by atoms with E-state index in [-0.39, 0.29) is 0 Å². The fourth-order valence-electron chi connectivity index (χ4n) is 2.17. The zero-order valence-electron chi connectivity index (χ0n) is 13.3. The molecule has 2 N–H and O–H groups in total. The molecule has 2 rings (SSSR count). The molecule has 2 aromatic rings. The second-order valence-electron chi connectivity index (χ2n) is 5.32. The third-order valence-electron chi connectivity index (χ3n) is 3.42. The van der Waals surface area contributed by atoms with Gasteiger partial charge in [0.15, 0.2) is 0 Å². The number of rotatable bonds is 7. The minimum absolute atomic E-state index is 0.787. The first-order valence-electron chi connectivity index (χ1n) is 8.14. The minimum atomic E-state index is 0.787. The van der Waals surface area contributed by atoms with Crippen LogP contribution in [-0.2, 0) is 12.8 Å². The predicted molar refractivity (Wildman–Crippen MR) is 93.5 cm³/mol. The van der Waals surface area contributed by atoms with Crippen molar-refractivity contribution in [2.45, 2.75) is 45.4 Å². The van der Waals surface area contributed by atoms with E-state index in [0.717, 1.165) is 19.4 Å². The Morgan fingerprint density at radius 3 is 1.57 bits per heavy atom. The number of unbranched alkanes of at least 4 members (excludes halogenated alkanes) is 2. The van der Waals surface area contributed by atoms with Crippen LogP contribution in [0.3, 0.4) is 0 Å². The van der Waals surface area contributed by atoms with Gasteiger partial charge in [-0.1, -0.05) is 80.4 Å². The molecule has 0 heterocycles. The number of hydrogen-bond donors (Lipinski definition) is 1. The SMILES string of the molecule is CCCCCc1ccccc1.NCCCc1ccccc1. The van der Waals surface area contributed by atoms with Crippen LogP contribution in [0.15, 0.2) is 60.7 Å². The molecule has 0 amide bonds. The van der Waals surface area contributed by atoms with Crippen molar-refractivity contribution >= 4 is 0 Å². The maximum absolute atomic E-state index is 5.38. The molecule has 0 atom stereocenters. The fraction of sp³-hybridized carbons (Fsp3) is 0.400.